The average Bonchev–Trinajstić information content (AvgIpc) is 2.98. The van der Waals surface area contributed by atoms with Gasteiger partial charge in [0.25, 0.3) is 5.91 Å². The number of esters is 2. The van der Waals surface area contributed by atoms with E-state index in [-0.39, 0.29) is 19.0 Å². The number of rotatable bonds is 9. The molecule has 0 aliphatic carbocycles. The van der Waals surface area contributed by atoms with Gasteiger partial charge in [0.1, 0.15) is 0 Å². The number of carbonyl (C=O) groups is 3. The minimum absolute atomic E-state index is 0.226. The summed E-state index contributed by atoms with van der Waals surface area (Å²) in [4.78, 5) is 35.1. The predicted octanol–water partition coefficient (Wildman–Crippen LogP) is 2.38. The van der Waals surface area contributed by atoms with Crippen molar-refractivity contribution in [1.29, 1.82) is 0 Å². The fourth-order valence-electron chi connectivity index (χ4n) is 2.84. The van der Waals surface area contributed by atoms with Crippen LogP contribution in [0.4, 0.5) is 0 Å². The van der Waals surface area contributed by atoms with Crippen LogP contribution in [-0.4, -0.2) is 42.7 Å². The molecule has 0 aliphatic rings. The number of hydrogen-bond acceptors (Lipinski definition) is 5. The molecule has 0 saturated heterocycles. The molecule has 0 saturated carbocycles. The van der Waals surface area contributed by atoms with Crippen LogP contribution in [0.5, 0.6) is 0 Å². The molecule has 0 aliphatic heterocycles. The van der Waals surface area contributed by atoms with Gasteiger partial charge in [0.05, 0.1) is 12.7 Å². The highest BCUT2D eigenvalue weighted by molar-refractivity contribution is 5.92. The molecule has 1 N–H and O–H groups in total. The highest BCUT2D eigenvalue weighted by atomic mass is 16.5. The SMILES string of the molecule is COC(=O)CCCNC(=O)COC(=O)c1cc(C)n(Cc2ccccc2)c1C. The number of amides is 1. The number of ether oxygens (including phenoxy) is 2. The third-order valence-corrected chi connectivity index (χ3v) is 4.42. The molecule has 1 heterocycles. The van der Waals surface area contributed by atoms with E-state index in [1.165, 1.54) is 7.11 Å². The molecule has 28 heavy (non-hydrogen) atoms. The van der Waals surface area contributed by atoms with Crippen molar-refractivity contribution >= 4 is 17.8 Å². The molecule has 2 rings (SSSR count). The van der Waals surface area contributed by atoms with Gasteiger partial charge in [0, 0.05) is 30.9 Å². The van der Waals surface area contributed by atoms with Crippen molar-refractivity contribution in [2.75, 3.05) is 20.3 Å². The van der Waals surface area contributed by atoms with E-state index in [0.717, 1.165) is 17.0 Å². The first kappa shape index (κ1) is 21.2. The van der Waals surface area contributed by atoms with Gasteiger partial charge in [-0.1, -0.05) is 30.3 Å². The largest absolute Gasteiger partial charge is 0.469 e. The molecule has 0 unspecified atom stereocenters. The van der Waals surface area contributed by atoms with Gasteiger partial charge in [-0.2, -0.15) is 0 Å². The van der Waals surface area contributed by atoms with E-state index in [9.17, 15) is 14.4 Å². The Morgan fingerprint density at radius 1 is 1.11 bits per heavy atom. The first-order valence-corrected chi connectivity index (χ1v) is 9.13. The van der Waals surface area contributed by atoms with Crippen LogP contribution in [0.3, 0.4) is 0 Å². The van der Waals surface area contributed by atoms with E-state index in [1.54, 1.807) is 6.07 Å². The normalized spacial score (nSPS) is 10.4. The molecule has 7 nitrogen and oxygen atoms in total. The van der Waals surface area contributed by atoms with Gasteiger partial charge in [-0.05, 0) is 31.9 Å². The maximum Gasteiger partial charge on any atom is 0.340 e. The number of hydrogen-bond donors (Lipinski definition) is 1. The lowest BCUT2D eigenvalue weighted by Crippen LogP contribution is -2.30. The van der Waals surface area contributed by atoms with Crippen LogP contribution in [0.25, 0.3) is 0 Å². The summed E-state index contributed by atoms with van der Waals surface area (Å²) in [5.74, 6) is -1.26. The van der Waals surface area contributed by atoms with E-state index in [1.807, 2.05) is 48.7 Å². The van der Waals surface area contributed by atoms with Crippen LogP contribution >= 0.6 is 0 Å². The van der Waals surface area contributed by atoms with Crippen LogP contribution < -0.4 is 5.32 Å². The summed E-state index contributed by atoms with van der Waals surface area (Å²) in [6, 6.07) is 11.7. The Morgan fingerprint density at radius 3 is 2.50 bits per heavy atom. The fourth-order valence-corrected chi connectivity index (χ4v) is 2.84. The maximum atomic E-state index is 12.4. The van der Waals surface area contributed by atoms with E-state index in [4.69, 9.17) is 4.74 Å². The summed E-state index contributed by atoms with van der Waals surface area (Å²) in [5, 5.41) is 2.60. The van der Waals surface area contributed by atoms with Crippen molar-refractivity contribution in [3.05, 3.63) is 58.9 Å². The van der Waals surface area contributed by atoms with Gasteiger partial charge < -0.3 is 19.4 Å². The second-order valence-corrected chi connectivity index (χ2v) is 6.46. The molecule has 150 valence electrons. The lowest BCUT2D eigenvalue weighted by atomic mass is 10.2. The molecular formula is C21H26N2O5. The zero-order valence-corrected chi connectivity index (χ0v) is 16.5. The Bertz CT molecular complexity index is 827. The number of carbonyl (C=O) groups excluding carboxylic acids is 3. The Morgan fingerprint density at radius 2 is 1.82 bits per heavy atom. The second kappa shape index (κ2) is 10.3. The van der Waals surface area contributed by atoms with Crippen molar-refractivity contribution in [2.24, 2.45) is 0 Å². The number of methoxy groups -OCH3 is 1. The van der Waals surface area contributed by atoms with E-state index in [0.29, 0.717) is 25.1 Å². The maximum absolute atomic E-state index is 12.4. The summed E-state index contributed by atoms with van der Waals surface area (Å²) in [7, 11) is 1.32. The van der Waals surface area contributed by atoms with Gasteiger partial charge in [-0.25, -0.2) is 4.79 Å². The molecule has 0 atom stereocenters. The molecule has 0 bridgehead atoms. The van der Waals surface area contributed by atoms with Gasteiger partial charge in [0.2, 0.25) is 0 Å². The summed E-state index contributed by atoms with van der Waals surface area (Å²) >= 11 is 0. The summed E-state index contributed by atoms with van der Waals surface area (Å²) in [5.41, 5.74) is 3.33. The third kappa shape index (κ3) is 5.97. The molecule has 0 fully saturated rings. The zero-order chi connectivity index (χ0) is 20.5. The molecule has 1 aromatic heterocycles. The van der Waals surface area contributed by atoms with Crippen molar-refractivity contribution in [3.63, 3.8) is 0 Å². The number of nitrogens with one attached hydrogen (secondary N) is 1. The Hall–Kier alpha value is -3.09. The van der Waals surface area contributed by atoms with Gasteiger partial charge in [-0.15, -0.1) is 0 Å². The second-order valence-electron chi connectivity index (χ2n) is 6.46. The highest BCUT2D eigenvalue weighted by Crippen LogP contribution is 2.18. The van der Waals surface area contributed by atoms with E-state index < -0.39 is 11.9 Å². The lowest BCUT2D eigenvalue weighted by molar-refractivity contribution is -0.140. The number of benzene rings is 1. The summed E-state index contributed by atoms with van der Waals surface area (Å²) in [6.45, 7) is 4.41. The third-order valence-electron chi connectivity index (χ3n) is 4.42. The molecular weight excluding hydrogens is 360 g/mol. The molecule has 0 spiro atoms. The highest BCUT2D eigenvalue weighted by Gasteiger charge is 2.18. The van der Waals surface area contributed by atoms with Crippen LogP contribution in [0.1, 0.15) is 40.2 Å². The number of aromatic nitrogens is 1. The topological polar surface area (TPSA) is 86.6 Å². The predicted molar refractivity (Wildman–Crippen MR) is 104 cm³/mol. The first-order valence-electron chi connectivity index (χ1n) is 9.13. The smallest absolute Gasteiger partial charge is 0.340 e. The molecule has 1 amide bonds. The van der Waals surface area contributed by atoms with E-state index in [2.05, 4.69) is 10.1 Å². The van der Waals surface area contributed by atoms with Crippen molar-refractivity contribution in [1.82, 2.24) is 9.88 Å². The Balaban J connectivity index is 1.86. The zero-order valence-electron chi connectivity index (χ0n) is 16.5. The van der Waals surface area contributed by atoms with Crippen LogP contribution in [-0.2, 0) is 25.6 Å². The van der Waals surface area contributed by atoms with Crippen molar-refractivity contribution in [2.45, 2.75) is 33.2 Å². The Labute approximate surface area is 164 Å². The van der Waals surface area contributed by atoms with Crippen molar-refractivity contribution < 1.29 is 23.9 Å². The molecule has 1 aromatic carbocycles. The van der Waals surface area contributed by atoms with E-state index >= 15 is 0 Å². The Kier molecular flexibility index (Phi) is 7.80. The number of nitrogens with zero attached hydrogens (tertiary/aromatic N) is 1. The van der Waals surface area contributed by atoms with Crippen LogP contribution in [0.2, 0.25) is 0 Å². The number of aryl methyl sites for hydroxylation is 1. The quantitative estimate of drug-likeness (QED) is 0.528. The first-order chi connectivity index (χ1) is 13.4. The standard InChI is InChI=1S/C21H26N2O5/c1-15-12-18(16(2)23(15)13-17-8-5-4-6-9-17)21(26)28-14-19(24)22-11-7-10-20(25)27-3/h4-6,8-9,12H,7,10-11,13-14H2,1-3H3,(H,22,24). The molecule has 0 radical (unpaired) electrons. The van der Waals surface area contributed by atoms with Crippen LogP contribution in [0, 0.1) is 13.8 Å². The fraction of sp³-hybridized carbons (Fsp3) is 0.381. The van der Waals surface area contributed by atoms with Gasteiger partial charge in [0.15, 0.2) is 6.61 Å². The van der Waals surface area contributed by atoms with Crippen LogP contribution in [0.15, 0.2) is 36.4 Å². The summed E-state index contributed by atoms with van der Waals surface area (Å²) < 4.78 is 11.7. The minimum Gasteiger partial charge on any atom is -0.469 e. The summed E-state index contributed by atoms with van der Waals surface area (Å²) in [6.07, 6.45) is 0.691. The molecule has 2 aromatic rings. The average molecular weight is 386 g/mol. The monoisotopic (exact) mass is 386 g/mol. The van der Waals surface area contributed by atoms with Gasteiger partial charge >= 0.3 is 11.9 Å². The lowest BCUT2D eigenvalue weighted by Gasteiger charge is -2.10. The van der Waals surface area contributed by atoms with Gasteiger partial charge in [-0.3, -0.25) is 9.59 Å². The minimum atomic E-state index is -0.530. The van der Waals surface area contributed by atoms with Crippen molar-refractivity contribution in [3.8, 4) is 0 Å². The molecule has 7 heteroatoms.